The summed E-state index contributed by atoms with van der Waals surface area (Å²) < 4.78 is 4.56. The fourth-order valence-corrected chi connectivity index (χ4v) is 1.01. The summed E-state index contributed by atoms with van der Waals surface area (Å²) >= 11 is 0. The number of nitrogens with two attached hydrogens (primary N) is 1. The van der Waals surface area contributed by atoms with Crippen LogP contribution in [0.5, 0.6) is 0 Å². The molecule has 5 nitrogen and oxygen atoms in total. The molecule has 1 aromatic rings. The molecule has 0 aliphatic heterocycles. The number of carbonyl (C=O) groups excluding carboxylic acids is 1. The van der Waals surface area contributed by atoms with Crippen molar-refractivity contribution >= 4 is 17.3 Å². The second kappa shape index (κ2) is 4.36. The SMILES string of the molecule is CN=Nc1ccc(N)c(C(=O)OC)c1. The molecule has 0 fully saturated rings. The first-order valence-corrected chi connectivity index (χ1v) is 3.96. The van der Waals surface area contributed by atoms with Gasteiger partial charge in [-0.05, 0) is 18.2 Å². The zero-order valence-corrected chi connectivity index (χ0v) is 8.02. The molecular formula is C9H11N3O2. The first-order chi connectivity index (χ1) is 6.69. The zero-order chi connectivity index (χ0) is 10.6. The Labute approximate surface area is 81.6 Å². The third-order valence-electron chi connectivity index (χ3n) is 1.66. The Balaban J connectivity index is 3.14. The van der Waals surface area contributed by atoms with Gasteiger partial charge in [0.1, 0.15) is 0 Å². The summed E-state index contributed by atoms with van der Waals surface area (Å²) in [5, 5.41) is 7.38. The second-order valence-corrected chi connectivity index (χ2v) is 2.56. The number of nitrogen functional groups attached to an aromatic ring is 1. The molecule has 0 saturated carbocycles. The van der Waals surface area contributed by atoms with Crippen LogP contribution in [0.25, 0.3) is 0 Å². The number of anilines is 1. The first kappa shape index (κ1) is 10.2. The van der Waals surface area contributed by atoms with E-state index in [4.69, 9.17) is 5.73 Å². The molecule has 74 valence electrons. The normalized spacial score (nSPS) is 10.4. The number of hydrogen-bond donors (Lipinski definition) is 1. The summed E-state index contributed by atoms with van der Waals surface area (Å²) in [5.74, 6) is -0.476. The molecule has 0 saturated heterocycles. The van der Waals surface area contributed by atoms with Gasteiger partial charge in [-0.2, -0.15) is 10.2 Å². The van der Waals surface area contributed by atoms with Gasteiger partial charge in [-0.1, -0.05) is 0 Å². The minimum absolute atomic E-state index is 0.303. The summed E-state index contributed by atoms with van der Waals surface area (Å²) in [6.07, 6.45) is 0. The van der Waals surface area contributed by atoms with Crippen LogP contribution >= 0.6 is 0 Å². The Hall–Kier alpha value is -1.91. The Morgan fingerprint density at radius 2 is 2.21 bits per heavy atom. The lowest BCUT2D eigenvalue weighted by atomic mass is 10.1. The van der Waals surface area contributed by atoms with E-state index >= 15 is 0 Å². The maximum absolute atomic E-state index is 11.2. The van der Waals surface area contributed by atoms with Crippen LogP contribution in [0.4, 0.5) is 11.4 Å². The van der Waals surface area contributed by atoms with Gasteiger partial charge in [-0.3, -0.25) is 0 Å². The highest BCUT2D eigenvalue weighted by Gasteiger charge is 2.10. The monoisotopic (exact) mass is 193 g/mol. The quantitative estimate of drug-likeness (QED) is 0.441. The van der Waals surface area contributed by atoms with Crippen molar-refractivity contribution in [3.63, 3.8) is 0 Å². The van der Waals surface area contributed by atoms with Crippen molar-refractivity contribution in [2.24, 2.45) is 10.2 Å². The number of ether oxygens (including phenoxy) is 1. The third-order valence-corrected chi connectivity index (χ3v) is 1.66. The maximum atomic E-state index is 11.2. The zero-order valence-electron chi connectivity index (χ0n) is 8.02. The largest absolute Gasteiger partial charge is 0.465 e. The van der Waals surface area contributed by atoms with Crippen molar-refractivity contribution in [3.05, 3.63) is 23.8 Å². The molecule has 0 spiro atoms. The number of methoxy groups -OCH3 is 1. The van der Waals surface area contributed by atoms with E-state index in [0.29, 0.717) is 16.9 Å². The molecule has 14 heavy (non-hydrogen) atoms. The van der Waals surface area contributed by atoms with Gasteiger partial charge in [-0.25, -0.2) is 4.79 Å². The molecule has 0 aromatic heterocycles. The van der Waals surface area contributed by atoms with Gasteiger partial charge >= 0.3 is 5.97 Å². The molecule has 0 atom stereocenters. The summed E-state index contributed by atoms with van der Waals surface area (Å²) in [7, 11) is 2.85. The van der Waals surface area contributed by atoms with Crippen LogP contribution in [0.3, 0.4) is 0 Å². The summed E-state index contributed by atoms with van der Waals surface area (Å²) in [5.41, 5.74) is 6.83. The van der Waals surface area contributed by atoms with Crippen LogP contribution in [0.15, 0.2) is 28.4 Å². The smallest absolute Gasteiger partial charge is 0.340 e. The Kier molecular flexibility index (Phi) is 3.17. The average molecular weight is 193 g/mol. The molecular weight excluding hydrogens is 182 g/mol. The number of hydrogen-bond acceptors (Lipinski definition) is 5. The molecule has 0 aliphatic rings. The highest BCUT2D eigenvalue weighted by Crippen LogP contribution is 2.20. The summed E-state index contributed by atoms with van der Waals surface area (Å²) in [4.78, 5) is 11.2. The van der Waals surface area contributed by atoms with E-state index in [1.807, 2.05) is 0 Å². The van der Waals surface area contributed by atoms with Crippen molar-refractivity contribution < 1.29 is 9.53 Å². The lowest BCUT2D eigenvalue weighted by Gasteiger charge is -2.03. The molecule has 1 aromatic carbocycles. The molecule has 2 N–H and O–H groups in total. The van der Waals surface area contributed by atoms with Gasteiger partial charge in [0.05, 0.1) is 18.4 Å². The van der Waals surface area contributed by atoms with Crippen LogP contribution in [0.1, 0.15) is 10.4 Å². The number of rotatable bonds is 2. The highest BCUT2D eigenvalue weighted by atomic mass is 16.5. The van der Waals surface area contributed by atoms with E-state index in [0.717, 1.165) is 0 Å². The van der Waals surface area contributed by atoms with Crippen molar-refractivity contribution in [2.75, 3.05) is 19.9 Å². The van der Waals surface area contributed by atoms with Gasteiger partial charge in [0.15, 0.2) is 0 Å². The number of carbonyl (C=O) groups is 1. The Bertz CT molecular complexity index is 374. The van der Waals surface area contributed by atoms with Gasteiger partial charge < -0.3 is 10.5 Å². The van der Waals surface area contributed by atoms with E-state index in [2.05, 4.69) is 15.0 Å². The predicted octanol–water partition coefficient (Wildman–Crippen LogP) is 1.77. The Morgan fingerprint density at radius 3 is 2.79 bits per heavy atom. The fraction of sp³-hybridized carbons (Fsp3) is 0.222. The molecule has 5 heteroatoms. The highest BCUT2D eigenvalue weighted by molar-refractivity contribution is 5.95. The number of nitrogens with zero attached hydrogens (tertiary/aromatic N) is 2. The summed E-state index contributed by atoms with van der Waals surface area (Å²) in [6, 6.07) is 4.80. The van der Waals surface area contributed by atoms with Crippen LogP contribution in [0, 0.1) is 0 Å². The first-order valence-electron chi connectivity index (χ1n) is 3.96. The fourth-order valence-electron chi connectivity index (χ4n) is 1.01. The minimum atomic E-state index is -0.476. The van der Waals surface area contributed by atoms with E-state index in [-0.39, 0.29) is 0 Å². The van der Waals surface area contributed by atoms with E-state index in [9.17, 15) is 4.79 Å². The van der Waals surface area contributed by atoms with Crippen LogP contribution < -0.4 is 5.73 Å². The standard InChI is InChI=1S/C9H11N3O2/c1-11-12-6-3-4-8(10)7(5-6)9(13)14-2/h3-5H,10H2,1-2H3. The Morgan fingerprint density at radius 1 is 1.50 bits per heavy atom. The molecule has 1 rings (SSSR count). The molecule has 0 unspecified atom stereocenters. The van der Waals surface area contributed by atoms with Gasteiger partial charge in [-0.15, -0.1) is 0 Å². The average Bonchev–Trinajstić information content (AvgIpc) is 2.20. The maximum Gasteiger partial charge on any atom is 0.340 e. The van der Waals surface area contributed by atoms with E-state index in [1.54, 1.807) is 19.2 Å². The van der Waals surface area contributed by atoms with Gasteiger partial charge in [0.25, 0.3) is 0 Å². The lowest BCUT2D eigenvalue weighted by Crippen LogP contribution is -2.04. The molecule has 0 amide bonds. The van der Waals surface area contributed by atoms with Gasteiger partial charge in [0.2, 0.25) is 0 Å². The number of benzene rings is 1. The second-order valence-electron chi connectivity index (χ2n) is 2.56. The van der Waals surface area contributed by atoms with Crippen LogP contribution in [-0.4, -0.2) is 20.1 Å². The van der Waals surface area contributed by atoms with Crippen LogP contribution in [0.2, 0.25) is 0 Å². The molecule has 0 aliphatic carbocycles. The van der Waals surface area contributed by atoms with Crippen molar-refractivity contribution in [1.82, 2.24) is 0 Å². The van der Waals surface area contributed by atoms with E-state index < -0.39 is 5.97 Å². The molecule has 0 heterocycles. The molecule has 0 radical (unpaired) electrons. The predicted molar refractivity (Wildman–Crippen MR) is 52.6 cm³/mol. The van der Waals surface area contributed by atoms with Crippen LogP contribution in [-0.2, 0) is 4.74 Å². The molecule has 0 bridgehead atoms. The van der Waals surface area contributed by atoms with Crippen molar-refractivity contribution in [2.45, 2.75) is 0 Å². The summed E-state index contributed by atoms with van der Waals surface area (Å²) in [6.45, 7) is 0. The van der Waals surface area contributed by atoms with Gasteiger partial charge in [0, 0.05) is 12.7 Å². The number of azo groups is 1. The third kappa shape index (κ3) is 2.07. The number of esters is 1. The van der Waals surface area contributed by atoms with E-state index in [1.165, 1.54) is 13.2 Å². The van der Waals surface area contributed by atoms with Crippen molar-refractivity contribution in [3.8, 4) is 0 Å². The van der Waals surface area contributed by atoms with Crippen molar-refractivity contribution in [1.29, 1.82) is 0 Å². The minimum Gasteiger partial charge on any atom is -0.465 e. The lowest BCUT2D eigenvalue weighted by molar-refractivity contribution is 0.0602. The topological polar surface area (TPSA) is 77.0 Å².